The molecule has 0 aliphatic carbocycles. The van der Waals surface area contributed by atoms with E-state index in [1.807, 2.05) is 26.0 Å². The van der Waals surface area contributed by atoms with Crippen molar-refractivity contribution in [1.82, 2.24) is 5.32 Å². The maximum absolute atomic E-state index is 6.13. The van der Waals surface area contributed by atoms with Crippen LogP contribution in [0.4, 0.5) is 0 Å². The molecule has 0 spiro atoms. The zero-order valence-electron chi connectivity index (χ0n) is 10.1. The van der Waals surface area contributed by atoms with E-state index in [1.165, 1.54) is 0 Å². The van der Waals surface area contributed by atoms with E-state index in [0.717, 1.165) is 12.1 Å². The van der Waals surface area contributed by atoms with E-state index in [1.54, 1.807) is 6.08 Å². The van der Waals surface area contributed by atoms with Gasteiger partial charge < -0.3 is 10.1 Å². The number of nitrogens with one attached hydrogen (secondary N) is 1. The Morgan fingerprint density at radius 3 is 2.41 bits per heavy atom. The molecule has 4 heteroatoms. The van der Waals surface area contributed by atoms with Crippen LogP contribution < -0.4 is 10.1 Å². The molecule has 0 amide bonds. The molecule has 1 aromatic carbocycles. The van der Waals surface area contributed by atoms with Crippen LogP contribution in [0, 0.1) is 0 Å². The minimum absolute atomic E-state index is 0.0507. The highest BCUT2D eigenvalue weighted by atomic mass is 35.5. The largest absolute Gasteiger partial charge is 0.488 e. The Bertz CT molecular complexity index is 368. The summed E-state index contributed by atoms with van der Waals surface area (Å²) in [5.41, 5.74) is 1.03. The quantitative estimate of drug-likeness (QED) is 0.624. The average Bonchev–Trinajstić information content (AvgIpc) is 2.24. The van der Waals surface area contributed by atoms with Gasteiger partial charge in [0.05, 0.1) is 16.1 Å². The number of hydrogen-bond donors (Lipinski definition) is 1. The molecule has 0 aliphatic heterocycles. The van der Waals surface area contributed by atoms with E-state index in [0.29, 0.717) is 22.3 Å². The molecule has 0 aromatic heterocycles. The molecule has 17 heavy (non-hydrogen) atoms. The maximum atomic E-state index is 6.13. The lowest BCUT2D eigenvalue weighted by atomic mass is 10.2. The molecule has 0 radical (unpaired) electrons. The van der Waals surface area contributed by atoms with Crippen LogP contribution in [-0.4, -0.2) is 12.6 Å². The van der Waals surface area contributed by atoms with Gasteiger partial charge in [0.15, 0.2) is 5.75 Å². The summed E-state index contributed by atoms with van der Waals surface area (Å²) in [5.74, 6) is 0.552. The van der Waals surface area contributed by atoms with E-state index in [-0.39, 0.29) is 6.10 Å². The Morgan fingerprint density at radius 1 is 1.35 bits per heavy atom. The Kier molecular flexibility index (Phi) is 5.83. The first kappa shape index (κ1) is 14.4. The highest BCUT2D eigenvalue weighted by Crippen LogP contribution is 2.34. The van der Waals surface area contributed by atoms with Gasteiger partial charge in [-0.2, -0.15) is 0 Å². The van der Waals surface area contributed by atoms with Crippen LogP contribution in [0.2, 0.25) is 10.0 Å². The molecule has 0 saturated carbocycles. The van der Waals surface area contributed by atoms with Crippen LogP contribution in [0.5, 0.6) is 5.75 Å². The van der Waals surface area contributed by atoms with E-state index in [9.17, 15) is 0 Å². The molecule has 1 rings (SSSR count). The summed E-state index contributed by atoms with van der Waals surface area (Å²) in [6.45, 7) is 8.96. The topological polar surface area (TPSA) is 21.3 Å². The fourth-order valence-corrected chi connectivity index (χ4v) is 2.00. The molecule has 2 nitrogen and oxygen atoms in total. The van der Waals surface area contributed by atoms with Crippen LogP contribution in [0.25, 0.3) is 0 Å². The van der Waals surface area contributed by atoms with Crippen LogP contribution in [-0.2, 0) is 6.54 Å². The number of benzene rings is 1. The van der Waals surface area contributed by atoms with Crippen LogP contribution in [0.1, 0.15) is 19.4 Å². The lowest BCUT2D eigenvalue weighted by molar-refractivity contribution is 0.242. The van der Waals surface area contributed by atoms with Crippen molar-refractivity contribution in [3.8, 4) is 5.75 Å². The van der Waals surface area contributed by atoms with E-state index < -0.39 is 0 Å². The summed E-state index contributed by atoms with van der Waals surface area (Å²) in [5, 5.41) is 4.28. The summed E-state index contributed by atoms with van der Waals surface area (Å²) in [7, 11) is 0. The van der Waals surface area contributed by atoms with E-state index in [4.69, 9.17) is 27.9 Å². The molecule has 0 bridgehead atoms. The second-order valence-corrected chi connectivity index (χ2v) is 4.79. The SMILES string of the molecule is C=CCNCc1cc(Cl)c(OC(C)C)c(Cl)c1. The van der Waals surface area contributed by atoms with Gasteiger partial charge in [0.2, 0.25) is 0 Å². The van der Waals surface area contributed by atoms with Crippen molar-refractivity contribution in [3.63, 3.8) is 0 Å². The highest BCUT2D eigenvalue weighted by molar-refractivity contribution is 6.37. The van der Waals surface area contributed by atoms with Crippen molar-refractivity contribution in [2.45, 2.75) is 26.5 Å². The standard InChI is InChI=1S/C13H17Cl2NO/c1-4-5-16-8-10-6-11(14)13(12(15)7-10)17-9(2)3/h4,6-7,9,16H,1,5,8H2,2-3H3. The lowest BCUT2D eigenvalue weighted by Crippen LogP contribution is -2.13. The molecular formula is C13H17Cl2NO. The van der Waals surface area contributed by atoms with Gasteiger partial charge in [0, 0.05) is 13.1 Å². The Hall–Kier alpha value is -0.700. The number of ether oxygens (including phenoxy) is 1. The molecule has 1 aromatic rings. The number of rotatable bonds is 6. The number of halogens is 2. The predicted octanol–water partition coefficient (Wildman–Crippen LogP) is 4.06. The molecule has 0 unspecified atom stereocenters. The monoisotopic (exact) mass is 273 g/mol. The fraction of sp³-hybridized carbons (Fsp3) is 0.385. The van der Waals surface area contributed by atoms with Gasteiger partial charge in [-0.25, -0.2) is 0 Å². The van der Waals surface area contributed by atoms with Gasteiger partial charge in [-0.15, -0.1) is 6.58 Å². The molecule has 0 heterocycles. The summed E-state index contributed by atoms with van der Waals surface area (Å²) >= 11 is 12.3. The number of hydrogen-bond acceptors (Lipinski definition) is 2. The van der Waals surface area contributed by atoms with Crippen molar-refractivity contribution >= 4 is 23.2 Å². The molecule has 0 fully saturated rings. The second kappa shape index (κ2) is 6.90. The Balaban J connectivity index is 2.81. The summed E-state index contributed by atoms with van der Waals surface area (Å²) in [4.78, 5) is 0. The minimum atomic E-state index is 0.0507. The molecular weight excluding hydrogens is 257 g/mol. The smallest absolute Gasteiger partial charge is 0.156 e. The van der Waals surface area contributed by atoms with Gasteiger partial charge in [0.25, 0.3) is 0 Å². The van der Waals surface area contributed by atoms with Gasteiger partial charge in [-0.3, -0.25) is 0 Å². The van der Waals surface area contributed by atoms with E-state index >= 15 is 0 Å². The minimum Gasteiger partial charge on any atom is -0.488 e. The third-order valence-electron chi connectivity index (χ3n) is 2.03. The van der Waals surface area contributed by atoms with Crippen LogP contribution in [0.15, 0.2) is 24.8 Å². The Labute approximate surface area is 113 Å². The van der Waals surface area contributed by atoms with E-state index in [2.05, 4.69) is 11.9 Å². The fourth-order valence-electron chi connectivity index (χ4n) is 1.38. The van der Waals surface area contributed by atoms with Gasteiger partial charge >= 0.3 is 0 Å². The second-order valence-electron chi connectivity index (χ2n) is 3.97. The molecule has 0 aliphatic rings. The first-order chi connectivity index (χ1) is 8.04. The zero-order valence-corrected chi connectivity index (χ0v) is 11.6. The van der Waals surface area contributed by atoms with Crippen LogP contribution in [0.3, 0.4) is 0 Å². The molecule has 0 saturated heterocycles. The first-order valence-corrected chi connectivity index (χ1v) is 6.26. The molecule has 94 valence electrons. The van der Waals surface area contributed by atoms with Crippen molar-refractivity contribution in [2.24, 2.45) is 0 Å². The van der Waals surface area contributed by atoms with Crippen molar-refractivity contribution < 1.29 is 4.74 Å². The van der Waals surface area contributed by atoms with Gasteiger partial charge in [-0.1, -0.05) is 29.3 Å². The third-order valence-corrected chi connectivity index (χ3v) is 2.59. The predicted molar refractivity (Wildman–Crippen MR) is 74.1 cm³/mol. The zero-order chi connectivity index (χ0) is 12.8. The highest BCUT2D eigenvalue weighted by Gasteiger charge is 2.10. The van der Waals surface area contributed by atoms with Crippen LogP contribution >= 0.6 is 23.2 Å². The third kappa shape index (κ3) is 4.58. The van der Waals surface area contributed by atoms with Crippen molar-refractivity contribution in [1.29, 1.82) is 0 Å². The summed E-state index contributed by atoms with van der Waals surface area (Å²) < 4.78 is 5.56. The summed E-state index contributed by atoms with van der Waals surface area (Å²) in [6, 6.07) is 3.72. The molecule has 1 N–H and O–H groups in total. The van der Waals surface area contributed by atoms with Gasteiger partial charge in [0.1, 0.15) is 0 Å². The first-order valence-electron chi connectivity index (χ1n) is 5.50. The van der Waals surface area contributed by atoms with Crippen molar-refractivity contribution in [3.05, 3.63) is 40.4 Å². The Morgan fingerprint density at radius 2 is 1.94 bits per heavy atom. The average molecular weight is 274 g/mol. The summed E-state index contributed by atoms with van der Waals surface area (Å²) in [6.07, 6.45) is 1.86. The molecule has 0 atom stereocenters. The van der Waals surface area contributed by atoms with Gasteiger partial charge in [-0.05, 0) is 31.5 Å². The normalized spacial score (nSPS) is 10.6. The van der Waals surface area contributed by atoms with Crippen molar-refractivity contribution in [2.75, 3.05) is 6.54 Å². The maximum Gasteiger partial charge on any atom is 0.156 e. The lowest BCUT2D eigenvalue weighted by Gasteiger charge is -2.14.